The third-order valence-electron chi connectivity index (χ3n) is 11.9. The molecule has 5 heteroatoms. The van der Waals surface area contributed by atoms with Gasteiger partial charge in [-0.1, -0.05) is 67.0 Å². The molecule has 3 aliphatic carbocycles. The van der Waals surface area contributed by atoms with Crippen LogP contribution < -0.4 is 0 Å². The van der Waals surface area contributed by atoms with E-state index in [0.717, 1.165) is 50.5 Å². The Balaban J connectivity index is 2.02. The molecule has 216 valence electrons. The van der Waals surface area contributed by atoms with E-state index in [1.54, 1.807) is 13.0 Å². The van der Waals surface area contributed by atoms with Gasteiger partial charge in [-0.2, -0.15) is 5.26 Å². The maximum atomic E-state index is 12.9. The second kappa shape index (κ2) is 10.6. The lowest BCUT2D eigenvalue weighted by atomic mass is 9.44. The van der Waals surface area contributed by atoms with E-state index in [1.165, 1.54) is 0 Å². The molecule has 6 atom stereocenters. The van der Waals surface area contributed by atoms with E-state index >= 15 is 0 Å². The molecule has 0 saturated heterocycles. The Morgan fingerprint density at radius 2 is 1.77 bits per heavy atom. The maximum Gasteiger partial charge on any atom is 0.303 e. The molecule has 2 saturated carbocycles. The number of carboxylic acid groups (broad SMARTS) is 1. The number of hydrogen-bond acceptors (Lipinski definition) is 4. The minimum absolute atomic E-state index is 0.00719. The number of Topliss-reactive ketones (excluding diaryl/α,β-unsaturated/α-hetero) is 1. The summed E-state index contributed by atoms with van der Waals surface area (Å²) in [6, 6.07) is 2.14. The van der Waals surface area contributed by atoms with E-state index in [4.69, 9.17) is 0 Å². The first kappa shape index (κ1) is 31.3. The number of ketones is 2. The topological polar surface area (TPSA) is 95.2 Å². The minimum Gasteiger partial charge on any atom is -0.481 e. The van der Waals surface area contributed by atoms with Gasteiger partial charge in [0.25, 0.3) is 0 Å². The summed E-state index contributed by atoms with van der Waals surface area (Å²) in [6.07, 6.45) is 11.4. The molecular formula is C34H51NO4. The number of nitriles is 1. The molecule has 0 bridgehead atoms. The summed E-state index contributed by atoms with van der Waals surface area (Å²) in [7, 11) is 0. The van der Waals surface area contributed by atoms with Crippen molar-refractivity contribution in [1.29, 1.82) is 5.26 Å². The van der Waals surface area contributed by atoms with Gasteiger partial charge in [-0.15, -0.1) is 0 Å². The van der Waals surface area contributed by atoms with Gasteiger partial charge in [-0.25, -0.2) is 0 Å². The molecule has 0 heterocycles. The zero-order chi connectivity index (χ0) is 29.6. The van der Waals surface area contributed by atoms with Gasteiger partial charge in [0.1, 0.15) is 6.07 Å². The van der Waals surface area contributed by atoms with Crippen LogP contribution in [0.5, 0.6) is 0 Å². The van der Waals surface area contributed by atoms with Gasteiger partial charge in [0.05, 0.1) is 5.57 Å². The molecule has 1 unspecified atom stereocenters. The summed E-state index contributed by atoms with van der Waals surface area (Å²) >= 11 is 0. The van der Waals surface area contributed by atoms with E-state index in [9.17, 15) is 24.8 Å². The van der Waals surface area contributed by atoms with Crippen molar-refractivity contribution in [2.45, 2.75) is 120 Å². The summed E-state index contributed by atoms with van der Waals surface area (Å²) in [5, 5.41) is 19.4. The number of carboxylic acids is 1. The van der Waals surface area contributed by atoms with E-state index < -0.39 is 11.4 Å². The van der Waals surface area contributed by atoms with E-state index in [0.29, 0.717) is 12.3 Å². The van der Waals surface area contributed by atoms with Gasteiger partial charge in [-0.3, -0.25) is 14.4 Å². The van der Waals surface area contributed by atoms with Crippen LogP contribution in [0.4, 0.5) is 0 Å². The van der Waals surface area contributed by atoms with Crippen LogP contribution in [-0.2, 0) is 14.4 Å². The Morgan fingerprint density at radius 1 is 1.13 bits per heavy atom. The molecule has 0 radical (unpaired) electrons. The molecule has 2 fully saturated rings. The fourth-order valence-electron chi connectivity index (χ4n) is 8.78. The third-order valence-corrected chi connectivity index (χ3v) is 11.9. The predicted octanol–water partition coefficient (Wildman–Crippen LogP) is 8.10. The molecule has 5 nitrogen and oxygen atoms in total. The Morgan fingerprint density at radius 3 is 2.31 bits per heavy atom. The van der Waals surface area contributed by atoms with Crippen LogP contribution in [0.15, 0.2) is 23.3 Å². The highest BCUT2D eigenvalue weighted by Gasteiger charge is 2.58. The number of carbonyl (C=O) groups is 3. The Hall–Kier alpha value is -2.22. The molecule has 3 aliphatic rings. The van der Waals surface area contributed by atoms with Crippen molar-refractivity contribution < 1.29 is 19.5 Å². The van der Waals surface area contributed by atoms with Gasteiger partial charge in [0.15, 0.2) is 11.6 Å². The summed E-state index contributed by atoms with van der Waals surface area (Å²) in [5.41, 5.74) is 0.488. The molecule has 0 spiro atoms. The SMILES string of the molecule is CC(=O)/C=C1/[C@@]2(C)C=C(C#N)C(=O)[C@@H](C)[C@@H]2CC[C@@]1(C)C(C)(C)CC[C@@]1(CCC(=O)O)CCC(C)(C)CC1C. The molecule has 39 heavy (non-hydrogen) atoms. The molecule has 3 rings (SSSR count). The molecule has 0 amide bonds. The summed E-state index contributed by atoms with van der Waals surface area (Å²) in [6.45, 7) is 19.5. The van der Waals surface area contributed by atoms with Crippen LogP contribution >= 0.6 is 0 Å². The van der Waals surface area contributed by atoms with Crippen molar-refractivity contribution in [3.63, 3.8) is 0 Å². The lowest BCUT2D eigenvalue weighted by Crippen LogP contribution is -2.53. The Bertz CT molecular complexity index is 1120. The van der Waals surface area contributed by atoms with Crippen molar-refractivity contribution in [2.24, 2.45) is 44.8 Å². The van der Waals surface area contributed by atoms with E-state index in [1.807, 2.05) is 13.0 Å². The number of aliphatic carboxylic acids is 1. The fraction of sp³-hybridized carbons (Fsp3) is 0.765. The molecule has 0 aromatic heterocycles. The first-order valence-electron chi connectivity index (χ1n) is 15.0. The minimum atomic E-state index is -0.725. The zero-order valence-electron chi connectivity index (χ0n) is 25.9. The van der Waals surface area contributed by atoms with Crippen LogP contribution in [0.3, 0.4) is 0 Å². The normalized spacial score (nSPS) is 37.5. The van der Waals surface area contributed by atoms with Crippen molar-refractivity contribution in [3.8, 4) is 6.07 Å². The van der Waals surface area contributed by atoms with Crippen LogP contribution in [-0.4, -0.2) is 22.6 Å². The van der Waals surface area contributed by atoms with Crippen molar-refractivity contribution in [3.05, 3.63) is 23.3 Å². The van der Waals surface area contributed by atoms with Crippen LogP contribution in [0.25, 0.3) is 0 Å². The van der Waals surface area contributed by atoms with Gasteiger partial charge in [0.2, 0.25) is 0 Å². The average Bonchev–Trinajstić information content (AvgIpc) is 2.82. The van der Waals surface area contributed by atoms with Crippen LogP contribution in [0.2, 0.25) is 0 Å². The third kappa shape index (κ3) is 5.68. The van der Waals surface area contributed by atoms with E-state index in [2.05, 4.69) is 54.5 Å². The number of nitrogens with zero attached hydrogens (tertiary/aromatic N) is 1. The zero-order valence-corrected chi connectivity index (χ0v) is 25.9. The molecule has 0 aliphatic heterocycles. The predicted molar refractivity (Wildman–Crippen MR) is 155 cm³/mol. The fourth-order valence-corrected chi connectivity index (χ4v) is 8.78. The Kier molecular flexibility index (Phi) is 8.54. The smallest absolute Gasteiger partial charge is 0.303 e. The molecule has 1 N–H and O–H groups in total. The molecule has 0 aromatic carbocycles. The van der Waals surface area contributed by atoms with Crippen molar-refractivity contribution in [1.82, 2.24) is 0 Å². The largest absolute Gasteiger partial charge is 0.481 e. The highest BCUT2D eigenvalue weighted by atomic mass is 16.4. The van der Waals surface area contributed by atoms with Gasteiger partial charge in [-0.05, 0) is 97.9 Å². The number of hydrogen-bond donors (Lipinski definition) is 1. The highest BCUT2D eigenvalue weighted by molar-refractivity contribution is 6.02. The molecular weight excluding hydrogens is 486 g/mol. The van der Waals surface area contributed by atoms with Crippen LogP contribution in [0.1, 0.15) is 120 Å². The number of rotatable bonds is 8. The first-order valence-corrected chi connectivity index (χ1v) is 15.0. The second-order valence-electron chi connectivity index (χ2n) is 15.2. The summed E-state index contributed by atoms with van der Waals surface area (Å²) < 4.78 is 0. The standard InChI is InChI=1S/C34H51NO4/c1-22-19-30(4,5)14-16-34(22,13-11-28(37)38)17-15-31(6,7)33(9)12-10-26-24(3)29(39)25(21-35)20-32(26,8)27(33)18-23(2)36/h18,20,22,24,26H,10-17,19H2,1-9H3,(H,37,38)/b27-18-/t22?,24-,26-,32-,33+,34+/m0/s1. The number of fused-ring (bicyclic) bond motifs is 1. The first-order chi connectivity index (χ1) is 17.8. The number of allylic oxidation sites excluding steroid dienone is 4. The average molecular weight is 538 g/mol. The maximum absolute atomic E-state index is 12.9. The van der Waals surface area contributed by atoms with Gasteiger partial charge < -0.3 is 5.11 Å². The van der Waals surface area contributed by atoms with Crippen molar-refractivity contribution >= 4 is 17.5 Å². The van der Waals surface area contributed by atoms with Gasteiger partial charge in [0, 0.05) is 17.8 Å². The lowest BCUT2D eigenvalue weighted by molar-refractivity contribution is -0.138. The lowest BCUT2D eigenvalue weighted by Gasteiger charge is -2.60. The summed E-state index contributed by atoms with van der Waals surface area (Å²) in [4.78, 5) is 37.2. The monoisotopic (exact) mass is 537 g/mol. The number of carbonyl (C=O) groups excluding carboxylic acids is 2. The second-order valence-corrected chi connectivity index (χ2v) is 15.2. The Labute approximate surface area is 236 Å². The quantitative estimate of drug-likeness (QED) is 0.316. The van der Waals surface area contributed by atoms with Crippen molar-refractivity contribution in [2.75, 3.05) is 0 Å². The van der Waals surface area contributed by atoms with Crippen LogP contribution in [0, 0.1) is 56.2 Å². The highest BCUT2D eigenvalue weighted by Crippen LogP contribution is 2.66. The summed E-state index contributed by atoms with van der Waals surface area (Å²) in [5.74, 6) is -0.582. The van der Waals surface area contributed by atoms with E-state index in [-0.39, 0.29) is 57.1 Å². The van der Waals surface area contributed by atoms with Gasteiger partial charge >= 0.3 is 5.97 Å². The molecule has 0 aromatic rings.